The van der Waals surface area contributed by atoms with Crippen LogP contribution >= 0.6 is 0 Å². The minimum atomic E-state index is -6.59. The Morgan fingerprint density at radius 3 is 1.72 bits per heavy atom. The van der Waals surface area contributed by atoms with Crippen molar-refractivity contribution in [3.63, 3.8) is 0 Å². The number of rotatable bonds is 3. The van der Waals surface area contributed by atoms with Crippen LogP contribution in [0.1, 0.15) is 12.8 Å². The Bertz CT molecular complexity index is 846. The highest BCUT2D eigenvalue weighted by atomic mass is 32.3. The molecule has 1 saturated heterocycles. The molecular formula is C12H12F6N2O3S2. The van der Waals surface area contributed by atoms with Crippen molar-refractivity contribution in [1.29, 1.82) is 0 Å². The lowest BCUT2D eigenvalue weighted by molar-refractivity contribution is -0.0442. The zero-order chi connectivity index (χ0) is 19.1. The first kappa shape index (κ1) is 19.8. The van der Waals surface area contributed by atoms with Crippen LogP contribution in [0, 0.1) is 0 Å². The molecule has 0 N–H and O–H groups in total. The van der Waals surface area contributed by atoms with Gasteiger partial charge in [-0.2, -0.15) is 34.8 Å². The van der Waals surface area contributed by atoms with Gasteiger partial charge in [0.05, 0.1) is 4.90 Å². The average Bonchev–Trinajstić information content (AvgIpc) is 2.98. The molecule has 0 spiro atoms. The summed E-state index contributed by atoms with van der Waals surface area (Å²) < 4.78 is 112. The van der Waals surface area contributed by atoms with Gasteiger partial charge in [-0.05, 0) is 37.1 Å². The molecule has 0 radical (unpaired) electrons. The van der Waals surface area contributed by atoms with Crippen LogP contribution in [0.15, 0.2) is 32.9 Å². The van der Waals surface area contributed by atoms with E-state index in [0.717, 1.165) is 25.0 Å². The van der Waals surface area contributed by atoms with E-state index in [1.165, 1.54) is 0 Å². The lowest BCUT2D eigenvalue weighted by Crippen LogP contribution is -2.28. The summed E-state index contributed by atoms with van der Waals surface area (Å²) in [7, 11) is -12.5. The maximum Gasteiger partial charge on any atom is 0.519 e. The molecule has 13 heteroatoms. The van der Waals surface area contributed by atoms with Gasteiger partial charge in [-0.1, -0.05) is 3.77 Å². The number of anilines is 1. The Morgan fingerprint density at radius 2 is 1.32 bits per heavy atom. The van der Waals surface area contributed by atoms with E-state index >= 15 is 0 Å². The van der Waals surface area contributed by atoms with E-state index in [4.69, 9.17) is 0 Å². The van der Waals surface area contributed by atoms with E-state index < -0.39 is 35.7 Å². The van der Waals surface area contributed by atoms with Crippen molar-refractivity contribution in [3.05, 3.63) is 24.3 Å². The number of hydrogen-bond acceptors (Lipinski definition) is 4. The van der Waals surface area contributed by atoms with Gasteiger partial charge in [-0.25, -0.2) is 4.21 Å². The summed E-state index contributed by atoms with van der Waals surface area (Å²) in [5, 5.41) is 0. The first-order valence-electron chi connectivity index (χ1n) is 6.79. The highest BCUT2D eigenvalue weighted by molar-refractivity contribution is 8.04. The maximum atomic E-state index is 13.1. The van der Waals surface area contributed by atoms with Crippen molar-refractivity contribution in [2.75, 3.05) is 18.0 Å². The molecule has 142 valence electrons. The lowest BCUT2D eigenvalue weighted by atomic mass is 10.3. The van der Waals surface area contributed by atoms with Crippen molar-refractivity contribution in [3.8, 4) is 0 Å². The van der Waals surface area contributed by atoms with Crippen LogP contribution in [0.2, 0.25) is 0 Å². The van der Waals surface area contributed by atoms with Crippen LogP contribution in [0.5, 0.6) is 0 Å². The monoisotopic (exact) mass is 410 g/mol. The van der Waals surface area contributed by atoms with Crippen LogP contribution < -0.4 is 4.90 Å². The van der Waals surface area contributed by atoms with Crippen LogP contribution in [0.3, 0.4) is 0 Å². The van der Waals surface area contributed by atoms with Gasteiger partial charge in [-0.15, -0.1) is 0 Å². The summed E-state index contributed by atoms with van der Waals surface area (Å²) in [4.78, 5) is 0.666. The van der Waals surface area contributed by atoms with Crippen molar-refractivity contribution in [2.45, 2.75) is 28.8 Å². The highest BCUT2D eigenvalue weighted by Crippen LogP contribution is 2.37. The number of nitrogens with zero attached hydrogens (tertiary/aromatic N) is 2. The van der Waals surface area contributed by atoms with Crippen LogP contribution in [-0.4, -0.2) is 36.7 Å². The minimum Gasteiger partial charge on any atom is -0.372 e. The van der Waals surface area contributed by atoms with Gasteiger partial charge in [0.15, 0.2) is 9.73 Å². The largest absolute Gasteiger partial charge is 0.519 e. The molecule has 1 unspecified atom stereocenters. The number of halogens is 6. The van der Waals surface area contributed by atoms with Gasteiger partial charge in [0.2, 0.25) is 0 Å². The summed E-state index contributed by atoms with van der Waals surface area (Å²) in [6, 6.07) is 3.64. The Morgan fingerprint density at radius 1 is 0.840 bits per heavy atom. The standard InChI is InChI=1S/C12H12F6N2O3S2/c13-11(14,15)24(21,19-25(22,23)12(16,17)18)10-5-3-9(4-6-10)20-7-1-2-8-20/h3-6H,1-2,7-8H2. The lowest BCUT2D eigenvalue weighted by Gasteiger charge is -2.19. The van der Waals surface area contributed by atoms with Gasteiger partial charge in [0.1, 0.15) is 0 Å². The molecule has 0 saturated carbocycles. The number of benzene rings is 1. The third kappa shape index (κ3) is 3.86. The molecule has 1 aliphatic rings. The molecule has 1 fully saturated rings. The molecule has 0 aliphatic carbocycles. The Balaban J connectivity index is 2.57. The second-order valence-corrected chi connectivity index (χ2v) is 9.15. The van der Waals surface area contributed by atoms with Crippen molar-refractivity contribution < 1.29 is 39.0 Å². The Kier molecular flexibility index (Phi) is 5.03. The van der Waals surface area contributed by atoms with Gasteiger partial charge in [0.25, 0.3) is 0 Å². The summed E-state index contributed by atoms with van der Waals surface area (Å²) >= 11 is 0. The molecule has 1 aliphatic heterocycles. The zero-order valence-corrected chi connectivity index (χ0v) is 14.0. The molecule has 2 rings (SSSR count). The molecule has 1 atom stereocenters. The average molecular weight is 410 g/mol. The summed E-state index contributed by atoms with van der Waals surface area (Å²) in [5.74, 6) is 0. The second-order valence-electron chi connectivity index (χ2n) is 5.15. The van der Waals surface area contributed by atoms with E-state index in [2.05, 4.69) is 0 Å². The van der Waals surface area contributed by atoms with E-state index in [9.17, 15) is 39.0 Å². The van der Waals surface area contributed by atoms with Crippen molar-refractivity contribution >= 4 is 25.4 Å². The molecule has 1 aromatic rings. The highest BCUT2D eigenvalue weighted by Gasteiger charge is 2.52. The van der Waals surface area contributed by atoms with E-state index in [1.807, 2.05) is 4.90 Å². The molecule has 1 aromatic carbocycles. The molecule has 1 heterocycles. The van der Waals surface area contributed by atoms with Crippen LogP contribution in [0.4, 0.5) is 32.0 Å². The number of alkyl halides is 6. The number of sulfonamides is 1. The van der Waals surface area contributed by atoms with Crippen LogP contribution in [0.25, 0.3) is 0 Å². The fourth-order valence-corrected chi connectivity index (χ4v) is 5.11. The topological polar surface area (TPSA) is 66.8 Å². The molecular weight excluding hydrogens is 398 g/mol. The summed E-state index contributed by atoms with van der Waals surface area (Å²) in [5.41, 5.74) is -11.4. The SMILES string of the molecule is O=S(=O)(N=S(=O)(c1ccc(N2CCCC2)cc1)C(F)(F)F)C(F)(F)F. The fourth-order valence-electron chi connectivity index (χ4n) is 2.22. The fraction of sp³-hybridized carbons (Fsp3) is 0.500. The first-order chi connectivity index (χ1) is 11.3. The molecule has 0 aromatic heterocycles. The normalized spacial score (nSPS) is 18.9. The second kappa shape index (κ2) is 6.34. The minimum absolute atomic E-state index is 0.490. The van der Waals surface area contributed by atoms with Gasteiger partial charge < -0.3 is 4.90 Å². The zero-order valence-electron chi connectivity index (χ0n) is 12.3. The van der Waals surface area contributed by atoms with E-state index in [-0.39, 0.29) is 0 Å². The third-order valence-corrected chi connectivity index (χ3v) is 7.19. The first-order valence-corrected chi connectivity index (χ1v) is 9.74. The van der Waals surface area contributed by atoms with Crippen LogP contribution in [-0.2, 0) is 19.8 Å². The summed E-state index contributed by atoms with van der Waals surface area (Å²) in [6.45, 7) is 1.31. The maximum absolute atomic E-state index is 13.1. The van der Waals surface area contributed by atoms with E-state index in [1.54, 1.807) is 3.77 Å². The third-order valence-electron chi connectivity index (χ3n) is 3.44. The van der Waals surface area contributed by atoms with Crippen molar-refractivity contribution in [1.82, 2.24) is 0 Å². The molecule has 25 heavy (non-hydrogen) atoms. The molecule has 0 bridgehead atoms. The van der Waals surface area contributed by atoms with Gasteiger partial charge >= 0.3 is 21.0 Å². The quantitative estimate of drug-likeness (QED) is 0.716. The Labute approximate surface area is 139 Å². The number of hydrogen-bond donors (Lipinski definition) is 0. The van der Waals surface area contributed by atoms with E-state index in [0.29, 0.717) is 30.9 Å². The smallest absolute Gasteiger partial charge is 0.372 e. The molecule has 0 amide bonds. The van der Waals surface area contributed by atoms with Gasteiger partial charge in [-0.3, -0.25) is 0 Å². The van der Waals surface area contributed by atoms with Crippen molar-refractivity contribution in [2.24, 2.45) is 3.77 Å². The predicted octanol–water partition coefficient (Wildman–Crippen LogP) is 3.48. The predicted molar refractivity (Wildman–Crippen MR) is 77.8 cm³/mol. The summed E-state index contributed by atoms with van der Waals surface area (Å²) in [6.07, 6.45) is 1.75. The molecule has 5 nitrogen and oxygen atoms in total. The van der Waals surface area contributed by atoms with Gasteiger partial charge in [0, 0.05) is 18.8 Å². The Hall–Kier alpha value is -1.50.